The number of hydrogen-bond acceptors (Lipinski definition) is 4. The highest BCUT2D eigenvalue weighted by atomic mass is 16.5. The lowest BCUT2D eigenvalue weighted by Crippen LogP contribution is -2.39. The Balaban J connectivity index is 2.45. The van der Waals surface area contributed by atoms with Gasteiger partial charge in [-0.2, -0.15) is 0 Å². The van der Waals surface area contributed by atoms with E-state index in [0.717, 1.165) is 0 Å². The summed E-state index contributed by atoms with van der Waals surface area (Å²) in [5.41, 5.74) is -0.946. The van der Waals surface area contributed by atoms with E-state index >= 15 is 0 Å². The number of ether oxygens (including phenoxy) is 1. The molecule has 2 N–H and O–H groups in total. The smallest absolute Gasteiger partial charge is 0.337 e. The van der Waals surface area contributed by atoms with E-state index in [4.69, 9.17) is 4.74 Å². The van der Waals surface area contributed by atoms with E-state index in [1.807, 2.05) is 0 Å². The van der Waals surface area contributed by atoms with Gasteiger partial charge in [0, 0.05) is 6.61 Å². The topological polar surface area (TPSA) is 101 Å². The summed E-state index contributed by atoms with van der Waals surface area (Å²) in [6.07, 6.45) is 0.576. The number of nitrogens with one attached hydrogen (secondary N) is 1. The molecule has 3 rings (SSSR count). The van der Waals surface area contributed by atoms with Gasteiger partial charge in [0.2, 0.25) is 0 Å². The van der Waals surface area contributed by atoms with E-state index in [2.05, 4.69) is 4.98 Å². The molecule has 1 aromatic heterocycles. The maximum Gasteiger partial charge on any atom is 0.337 e. The number of aromatic nitrogens is 2. The minimum atomic E-state index is -1.14. The number of para-hydroxylation sites is 1. The maximum absolute atomic E-state index is 12.1. The standard InChI is InChI=1S/C13H12N2O5/c16-11-12(17)15(7-4-5-20-6-7)10-8(13(18)19)2-1-3-9(10)14-11/h1-3,7H,4-6H2,(H,14,16)(H,18,19). The van der Waals surface area contributed by atoms with E-state index in [-0.39, 0.29) is 17.1 Å². The molecular weight excluding hydrogens is 264 g/mol. The summed E-state index contributed by atoms with van der Waals surface area (Å²) in [6, 6.07) is 4.21. The molecule has 1 fully saturated rings. The lowest BCUT2D eigenvalue weighted by Gasteiger charge is -2.16. The van der Waals surface area contributed by atoms with E-state index in [1.165, 1.54) is 16.7 Å². The molecule has 0 bridgehead atoms. The Kier molecular flexibility index (Phi) is 2.90. The molecule has 1 unspecified atom stereocenters. The zero-order valence-corrected chi connectivity index (χ0v) is 10.5. The lowest BCUT2D eigenvalue weighted by atomic mass is 10.1. The second kappa shape index (κ2) is 4.61. The van der Waals surface area contributed by atoms with Crippen molar-refractivity contribution in [2.24, 2.45) is 0 Å². The van der Waals surface area contributed by atoms with Crippen molar-refractivity contribution >= 4 is 17.0 Å². The number of carbonyl (C=O) groups is 1. The van der Waals surface area contributed by atoms with Gasteiger partial charge in [0.25, 0.3) is 0 Å². The van der Waals surface area contributed by atoms with Crippen molar-refractivity contribution < 1.29 is 14.6 Å². The molecular formula is C13H12N2O5. The first-order valence-corrected chi connectivity index (χ1v) is 6.18. The Bertz CT molecular complexity index is 798. The van der Waals surface area contributed by atoms with Crippen molar-refractivity contribution in [2.75, 3.05) is 13.2 Å². The highest BCUT2D eigenvalue weighted by molar-refractivity contribution is 6.00. The average molecular weight is 276 g/mol. The molecule has 2 heterocycles. The van der Waals surface area contributed by atoms with Gasteiger partial charge in [-0.15, -0.1) is 0 Å². The van der Waals surface area contributed by atoms with E-state index in [9.17, 15) is 19.5 Å². The van der Waals surface area contributed by atoms with Crippen LogP contribution in [0, 0.1) is 0 Å². The number of fused-ring (bicyclic) bond motifs is 1. The number of benzene rings is 1. The molecule has 1 aliphatic heterocycles. The number of rotatable bonds is 2. The Morgan fingerprint density at radius 1 is 1.40 bits per heavy atom. The van der Waals surface area contributed by atoms with Crippen LogP contribution in [0.2, 0.25) is 0 Å². The summed E-state index contributed by atoms with van der Waals surface area (Å²) < 4.78 is 6.49. The van der Waals surface area contributed by atoms with E-state index in [0.29, 0.717) is 25.2 Å². The van der Waals surface area contributed by atoms with Crippen LogP contribution in [0.3, 0.4) is 0 Å². The Morgan fingerprint density at radius 2 is 2.20 bits per heavy atom. The van der Waals surface area contributed by atoms with E-state index < -0.39 is 17.1 Å². The van der Waals surface area contributed by atoms with Crippen LogP contribution in [-0.4, -0.2) is 33.8 Å². The summed E-state index contributed by atoms with van der Waals surface area (Å²) in [7, 11) is 0. The van der Waals surface area contributed by atoms with Crippen LogP contribution in [-0.2, 0) is 4.74 Å². The first-order chi connectivity index (χ1) is 9.59. The number of carboxylic acids is 1. The highest BCUT2D eigenvalue weighted by Gasteiger charge is 2.24. The molecule has 1 aliphatic rings. The molecule has 7 nitrogen and oxygen atoms in total. The van der Waals surface area contributed by atoms with Gasteiger partial charge in [-0.1, -0.05) is 6.07 Å². The molecule has 0 spiro atoms. The molecule has 1 aromatic carbocycles. The molecule has 1 atom stereocenters. The van der Waals surface area contributed by atoms with Crippen LogP contribution in [0.25, 0.3) is 11.0 Å². The normalized spacial score (nSPS) is 18.5. The average Bonchev–Trinajstić information content (AvgIpc) is 2.93. The third kappa shape index (κ3) is 1.83. The first-order valence-electron chi connectivity index (χ1n) is 6.18. The number of H-pyrrole nitrogens is 1. The minimum absolute atomic E-state index is 0.0113. The minimum Gasteiger partial charge on any atom is -0.478 e. The van der Waals surface area contributed by atoms with E-state index in [1.54, 1.807) is 6.07 Å². The van der Waals surface area contributed by atoms with Crippen molar-refractivity contribution in [2.45, 2.75) is 12.5 Å². The molecule has 20 heavy (non-hydrogen) atoms. The van der Waals surface area contributed by atoms with Crippen LogP contribution in [0.5, 0.6) is 0 Å². The van der Waals surface area contributed by atoms with Gasteiger partial charge in [0.05, 0.1) is 29.2 Å². The van der Waals surface area contributed by atoms with Crippen molar-refractivity contribution in [3.63, 3.8) is 0 Å². The summed E-state index contributed by atoms with van der Waals surface area (Å²) >= 11 is 0. The van der Waals surface area contributed by atoms with Crippen molar-refractivity contribution in [1.29, 1.82) is 0 Å². The zero-order valence-electron chi connectivity index (χ0n) is 10.5. The fraction of sp³-hybridized carbons (Fsp3) is 0.308. The largest absolute Gasteiger partial charge is 0.478 e. The monoisotopic (exact) mass is 276 g/mol. The van der Waals surface area contributed by atoms with Crippen molar-refractivity contribution in [3.05, 3.63) is 44.5 Å². The first kappa shape index (κ1) is 12.6. The quantitative estimate of drug-likeness (QED) is 0.771. The van der Waals surface area contributed by atoms with Gasteiger partial charge in [0.15, 0.2) is 0 Å². The predicted octanol–water partition coefficient (Wildman–Crippen LogP) is 0.349. The predicted molar refractivity (Wildman–Crippen MR) is 70.3 cm³/mol. The number of aromatic carboxylic acids is 1. The second-order valence-corrected chi connectivity index (χ2v) is 4.65. The molecule has 0 saturated carbocycles. The van der Waals surface area contributed by atoms with Crippen LogP contribution in [0.15, 0.2) is 27.8 Å². The van der Waals surface area contributed by atoms with Crippen LogP contribution < -0.4 is 11.1 Å². The third-order valence-electron chi connectivity index (χ3n) is 3.44. The van der Waals surface area contributed by atoms with Gasteiger partial charge in [-0.25, -0.2) is 4.79 Å². The van der Waals surface area contributed by atoms with Crippen LogP contribution in [0.1, 0.15) is 22.8 Å². The fourth-order valence-electron chi connectivity index (χ4n) is 2.54. The van der Waals surface area contributed by atoms with Gasteiger partial charge in [-0.3, -0.25) is 14.2 Å². The van der Waals surface area contributed by atoms with Crippen LogP contribution in [0.4, 0.5) is 0 Å². The molecule has 0 radical (unpaired) electrons. The maximum atomic E-state index is 12.1. The van der Waals surface area contributed by atoms with Crippen LogP contribution >= 0.6 is 0 Å². The number of aromatic amines is 1. The Morgan fingerprint density at radius 3 is 2.85 bits per heavy atom. The molecule has 104 valence electrons. The number of nitrogens with zero attached hydrogens (tertiary/aromatic N) is 1. The summed E-state index contributed by atoms with van der Waals surface area (Å²) in [5.74, 6) is -1.14. The Labute approximate surface area is 112 Å². The SMILES string of the molecule is O=C(O)c1cccc2[nH]c(=O)c(=O)n(C3CCOC3)c12. The highest BCUT2D eigenvalue weighted by Crippen LogP contribution is 2.23. The molecule has 0 amide bonds. The van der Waals surface area contributed by atoms with Gasteiger partial charge in [0.1, 0.15) is 0 Å². The fourth-order valence-corrected chi connectivity index (χ4v) is 2.54. The molecule has 0 aliphatic carbocycles. The molecule has 7 heteroatoms. The van der Waals surface area contributed by atoms with Crippen molar-refractivity contribution in [1.82, 2.24) is 9.55 Å². The van der Waals surface area contributed by atoms with Gasteiger partial charge in [-0.05, 0) is 18.6 Å². The molecule has 1 saturated heterocycles. The lowest BCUT2D eigenvalue weighted by molar-refractivity contribution is 0.0698. The zero-order chi connectivity index (χ0) is 14.3. The summed E-state index contributed by atoms with van der Waals surface area (Å²) in [5, 5.41) is 9.27. The third-order valence-corrected chi connectivity index (χ3v) is 3.44. The summed E-state index contributed by atoms with van der Waals surface area (Å²) in [6.45, 7) is 0.785. The Hall–Kier alpha value is -2.41. The number of carboxylic acid groups (broad SMARTS) is 1. The summed E-state index contributed by atoms with van der Waals surface area (Å²) in [4.78, 5) is 37.6. The number of hydrogen-bond donors (Lipinski definition) is 2. The molecule has 2 aromatic rings. The second-order valence-electron chi connectivity index (χ2n) is 4.65. The van der Waals surface area contributed by atoms with Gasteiger partial charge >= 0.3 is 17.1 Å². The van der Waals surface area contributed by atoms with Crippen molar-refractivity contribution in [3.8, 4) is 0 Å². The van der Waals surface area contributed by atoms with Gasteiger partial charge < -0.3 is 14.8 Å².